The quantitative estimate of drug-likeness (QED) is 0.787. The largest absolute Gasteiger partial charge is 0.417 e. The molecule has 1 aliphatic heterocycles. The van der Waals surface area contributed by atoms with Crippen molar-refractivity contribution in [3.8, 4) is 0 Å². The van der Waals surface area contributed by atoms with Gasteiger partial charge in [0.2, 0.25) is 15.9 Å². The van der Waals surface area contributed by atoms with Crippen LogP contribution in [0.5, 0.6) is 0 Å². The maximum Gasteiger partial charge on any atom is 0.417 e. The Bertz CT molecular complexity index is 834. The van der Waals surface area contributed by atoms with E-state index in [-0.39, 0.29) is 31.0 Å². The second-order valence-electron chi connectivity index (χ2n) is 8.05. The van der Waals surface area contributed by atoms with Gasteiger partial charge in [-0.3, -0.25) is 4.79 Å². The van der Waals surface area contributed by atoms with Crippen LogP contribution in [0, 0.1) is 11.8 Å². The highest BCUT2D eigenvalue weighted by molar-refractivity contribution is 7.89. The van der Waals surface area contributed by atoms with E-state index in [0.717, 1.165) is 35.7 Å². The lowest BCUT2D eigenvalue weighted by atomic mass is 9.85. The predicted octanol–water partition coefficient (Wildman–Crippen LogP) is 3.80. The average Bonchev–Trinajstić information content (AvgIpc) is 2.69. The van der Waals surface area contributed by atoms with Gasteiger partial charge in [-0.05, 0) is 43.7 Å². The van der Waals surface area contributed by atoms with E-state index in [1.807, 2.05) is 0 Å². The molecular weight excluding hydrogens is 405 g/mol. The minimum atomic E-state index is -4.75. The van der Waals surface area contributed by atoms with Crippen molar-refractivity contribution in [2.75, 3.05) is 13.1 Å². The minimum Gasteiger partial charge on any atom is -0.353 e. The molecule has 2 unspecified atom stereocenters. The first-order valence-electron chi connectivity index (χ1n) is 10.1. The summed E-state index contributed by atoms with van der Waals surface area (Å²) >= 11 is 0. The fourth-order valence-electron chi connectivity index (χ4n) is 4.25. The Morgan fingerprint density at radius 2 is 1.69 bits per heavy atom. The Hall–Kier alpha value is -1.61. The van der Waals surface area contributed by atoms with Crippen LogP contribution in [0.3, 0.4) is 0 Å². The van der Waals surface area contributed by atoms with Crippen molar-refractivity contribution in [1.82, 2.24) is 9.62 Å². The van der Waals surface area contributed by atoms with Crippen LogP contribution in [0.25, 0.3) is 0 Å². The summed E-state index contributed by atoms with van der Waals surface area (Å²) in [6, 6.07) is 4.37. The van der Waals surface area contributed by atoms with Crippen LogP contribution in [0.2, 0.25) is 0 Å². The molecule has 1 heterocycles. The number of nitrogens with zero attached hydrogens (tertiary/aromatic N) is 1. The van der Waals surface area contributed by atoms with E-state index in [1.54, 1.807) is 0 Å². The standard InChI is InChI=1S/C20H27F3N2O3S/c1-14-6-2-4-8-17(14)24-19(26)15-10-12-25(13-11-15)29(27,28)18-9-5-3-7-16(18)20(21,22)23/h3,5,7,9,14-15,17H,2,4,6,8,10-13H2,1H3,(H,24,26). The highest BCUT2D eigenvalue weighted by Gasteiger charge is 2.40. The van der Waals surface area contributed by atoms with E-state index in [0.29, 0.717) is 18.8 Å². The number of hydrogen-bond acceptors (Lipinski definition) is 3. The van der Waals surface area contributed by atoms with Crippen molar-refractivity contribution in [2.24, 2.45) is 11.8 Å². The van der Waals surface area contributed by atoms with E-state index < -0.39 is 26.7 Å². The fourth-order valence-corrected chi connectivity index (χ4v) is 5.94. The smallest absolute Gasteiger partial charge is 0.353 e. The molecule has 1 N–H and O–H groups in total. The van der Waals surface area contributed by atoms with Crippen LogP contribution in [0.15, 0.2) is 29.2 Å². The van der Waals surface area contributed by atoms with Crippen LogP contribution in [0.4, 0.5) is 13.2 Å². The summed E-state index contributed by atoms with van der Waals surface area (Å²) in [5, 5.41) is 3.10. The zero-order valence-electron chi connectivity index (χ0n) is 16.4. The summed E-state index contributed by atoms with van der Waals surface area (Å²) in [4.78, 5) is 11.9. The van der Waals surface area contributed by atoms with Crippen molar-refractivity contribution in [3.05, 3.63) is 29.8 Å². The first-order valence-corrected chi connectivity index (χ1v) is 11.5. The van der Waals surface area contributed by atoms with Gasteiger partial charge >= 0.3 is 6.18 Å². The van der Waals surface area contributed by atoms with Gasteiger partial charge in [-0.1, -0.05) is 31.9 Å². The lowest BCUT2D eigenvalue weighted by Crippen LogP contribution is -2.47. The molecule has 0 radical (unpaired) electrons. The van der Waals surface area contributed by atoms with E-state index in [1.165, 1.54) is 18.6 Å². The molecule has 29 heavy (non-hydrogen) atoms. The van der Waals surface area contributed by atoms with Gasteiger partial charge in [-0.2, -0.15) is 17.5 Å². The first-order chi connectivity index (χ1) is 13.6. The van der Waals surface area contributed by atoms with Gasteiger partial charge in [0.05, 0.1) is 10.5 Å². The Kier molecular flexibility index (Phi) is 6.57. The third-order valence-corrected chi connectivity index (χ3v) is 8.03. The Labute approximate surface area is 169 Å². The monoisotopic (exact) mass is 432 g/mol. The molecule has 9 heteroatoms. The van der Waals surface area contributed by atoms with Gasteiger partial charge in [0, 0.05) is 25.0 Å². The SMILES string of the molecule is CC1CCCCC1NC(=O)C1CCN(S(=O)(=O)c2ccccc2C(F)(F)F)CC1. The average molecular weight is 433 g/mol. The predicted molar refractivity (Wildman–Crippen MR) is 102 cm³/mol. The second kappa shape index (κ2) is 8.63. The molecule has 2 atom stereocenters. The normalized spacial score (nSPS) is 25.0. The highest BCUT2D eigenvalue weighted by Crippen LogP contribution is 2.36. The second-order valence-corrected chi connectivity index (χ2v) is 9.96. The maximum atomic E-state index is 13.2. The summed E-state index contributed by atoms with van der Waals surface area (Å²) in [7, 11) is -4.28. The molecule has 1 aromatic carbocycles. The van der Waals surface area contributed by atoms with Crippen molar-refractivity contribution < 1.29 is 26.4 Å². The Morgan fingerprint density at radius 3 is 2.31 bits per heavy atom. The Morgan fingerprint density at radius 1 is 1.07 bits per heavy atom. The zero-order chi connectivity index (χ0) is 21.2. The maximum absolute atomic E-state index is 13.2. The van der Waals surface area contributed by atoms with Crippen LogP contribution in [-0.4, -0.2) is 37.8 Å². The minimum absolute atomic E-state index is 0.0346. The van der Waals surface area contributed by atoms with Gasteiger partial charge in [0.25, 0.3) is 0 Å². The Balaban J connectivity index is 1.65. The van der Waals surface area contributed by atoms with Crippen LogP contribution in [0.1, 0.15) is 51.0 Å². The van der Waals surface area contributed by atoms with Crippen molar-refractivity contribution in [1.29, 1.82) is 0 Å². The van der Waals surface area contributed by atoms with Gasteiger partial charge < -0.3 is 5.32 Å². The van der Waals surface area contributed by atoms with Crippen LogP contribution < -0.4 is 5.32 Å². The van der Waals surface area contributed by atoms with Crippen molar-refractivity contribution in [3.63, 3.8) is 0 Å². The molecule has 1 aliphatic carbocycles. The molecule has 1 saturated heterocycles. The number of carbonyl (C=O) groups excluding carboxylic acids is 1. The molecule has 0 spiro atoms. The molecule has 1 saturated carbocycles. The molecule has 3 rings (SSSR count). The number of piperidine rings is 1. The molecule has 2 aliphatic rings. The van der Waals surface area contributed by atoms with Crippen molar-refractivity contribution in [2.45, 2.75) is 62.6 Å². The molecular formula is C20H27F3N2O3S. The summed E-state index contributed by atoms with van der Waals surface area (Å²) in [6.45, 7) is 2.19. The van der Waals surface area contributed by atoms with Gasteiger partial charge in [-0.15, -0.1) is 0 Å². The van der Waals surface area contributed by atoms with E-state index in [4.69, 9.17) is 0 Å². The topological polar surface area (TPSA) is 66.5 Å². The first kappa shape index (κ1) is 22.1. The molecule has 0 bridgehead atoms. The molecule has 1 aromatic rings. The molecule has 2 fully saturated rings. The number of alkyl halides is 3. The third-order valence-electron chi connectivity index (χ3n) is 6.07. The van der Waals surface area contributed by atoms with Crippen LogP contribution >= 0.6 is 0 Å². The fraction of sp³-hybridized carbons (Fsp3) is 0.650. The summed E-state index contributed by atoms with van der Waals surface area (Å²) < 4.78 is 66.4. The van der Waals surface area contributed by atoms with Gasteiger partial charge in [0.15, 0.2) is 0 Å². The van der Waals surface area contributed by atoms with Gasteiger partial charge in [0.1, 0.15) is 0 Å². The number of benzene rings is 1. The number of rotatable bonds is 4. The molecule has 1 amide bonds. The number of amides is 1. The van der Waals surface area contributed by atoms with Crippen LogP contribution in [-0.2, 0) is 21.0 Å². The van der Waals surface area contributed by atoms with Gasteiger partial charge in [-0.25, -0.2) is 8.42 Å². The number of nitrogens with one attached hydrogen (secondary N) is 1. The number of sulfonamides is 1. The summed E-state index contributed by atoms with van der Waals surface area (Å²) in [6.07, 6.45) is 0.154. The van der Waals surface area contributed by atoms with E-state index in [9.17, 15) is 26.4 Å². The molecule has 5 nitrogen and oxygen atoms in total. The lowest BCUT2D eigenvalue weighted by molar-refractivity contribution is -0.139. The van der Waals surface area contributed by atoms with E-state index >= 15 is 0 Å². The molecule has 162 valence electrons. The van der Waals surface area contributed by atoms with E-state index in [2.05, 4.69) is 12.2 Å². The third kappa shape index (κ3) is 4.94. The number of carbonyl (C=O) groups is 1. The summed E-state index contributed by atoms with van der Waals surface area (Å²) in [5.41, 5.74) is -1.16. The lowest BCUT2D eigenvalue weighted by Gasteiger charge is -2.34. The number of hydrogen-bond donors (Lipinski definition) is 1. The van der Waals surface area contributed by atoms with Crippen molar-refractivity contribution >= 4 is 15.9 Å². The number of halogens is 3. The summed E-state index contributed by atoms with van der Waals surface area (Å²) in [5.74, 6) is 0.0389. The highest BCUT2D eigenvalue weighted by atomic mass is 32.2. The zero-order valence-corrected chi connectivity index (χ0v) is 17.2. The molecule has 0 aromatic heterocycles.